The zero-order valence-corrected chi connectivity index (χ0v) is 20.2. The van der Waals surface area contributed by atoms with Crippen molar-refractivity contribution in [1.29, 1.82) is 0 Å². The summed E-state index contributed by atoms with van der Waals surface area (Å²) in [4.78, 5) is 30.4. The van der Waals surface area contributed by atoms with Crippen LogP contribution >= 0.6 is 11.3 Å². The minimum atomic E-state index is 0.0566. The molecule has 0 saturated carbocycles. The number of nitrogens with zero attached hydrogens (tertiary/aromatic N) is 3. The van der Waals surface area contributed by atoms with Gasteiger partial charge in [0, 0.05) is 38.6 Å². The van der Waals surface area contributed by atoms with E-state index in [1.165, 1.54) is 10.3 Å². The Labute approximate surface area is 200 Å². The molecule has 4 heterocycles. The van der Waals surface area contributed by atoms with Gasteiger partial charge in [-0.3, -0.25) is 9.59 Å². The average Bonchev–Trinajstić information content (AvgIpc) is 3.46. The lowest BCUT2D eigenvalue weighted by Crippen LogP contribution is -2.47. The molecule has 1 aromatic carbocycles. The highest BCUT2D eigenvalue weighted by atomic mass is 32.1. The molecule has 6 heteroatoms. The number of rotatable bonds is 5. The maximum absolute atomic E-state index is 13.2. The standard InChI is InChI=1S/C27H33N3O2S/c1-2-30-23-12-17-33-25(23)19-24(30)27(32)29-15-10-22(11-16-29)26(31)28-13-8-21(9-14-28)18-20-6-4-3-5-7-20/h3-7,12,17,19,21-22H,2,8-11,13-16,18H2,1H3. The fourth-order valence-corrected chi connectivity index (χ4v) is 6.37. The molecule has 5 nitrogen and oxygen atoms in total. The highest BCUT2D eigenvalue weighted by Gasteiger charge is 2.33. The number of carbonyl (C=O) groups is 2. The predicted octanol–water partition coefficient (Wildman–Crippen LogP) is 5.06. The van der Waals surface area contributed by atoms with Crippen molar-refractivity contribution in [1.82, 2.24) is 14.4 Å². The lowest BCUT2D eigenvalue weighted by atomic mass is 9.88. The average molecular weight is 464 g/mol. The smallest absolute Gasteiger partial charge is 0.270 e. The van der Waals surface area contributed by atoms with E-state index >= 15 is 0 Å². The zero-order chi connectivity index (χ0) is 22.8. The number of amides is 2. The van der Waals surface area contributed by atoms with Gasteiger partial charge in [-0.1, -0.05) is 30.3 Å². The molecule has 0 N–H and O–H groups in total. The summed E-state index contributed by atoms with van der Waals surface area (Å²) in [5, 5.41) is 2.08. The summed E-state index contributed by atoms with van der Waals surface area (Å²) in [6.07, 6.45) is 4.83. The van der Waals surface area contributed by atoms with Crippen molar-refractivity contribution in [2.24, 2.45) is 11.8 Å². The number of hydrogen-bond acceptors (Lipinski definition) is 3. The lowest BCUT2D eigenvalue weighted by molar-refractivity contribution is -0.138. The molecule has 3 aromatic rings. The molecule has 0 atom stereocenters. The summed E-state index contributed by atoms with van der Waals surface area (Å²) >= 11 is 1.68. The van der Waals surface area contributed by atoms with Crippen LogP contribution in [0.5, 0.6) is 0 Å². The van der Waals surface area contributed by atoms with Crippen molar-refractivity contribution < 1.29 is 9.59 Å². The quantitative estimate of drug-likeness (QED) is 0.531. The lowest BCUT2D eigenvalue weighted by Gasteiger charge is -2.37. The summed E-state index contributed by atoms with van der Waals surface area (Å²) in [7, 11) is 0. The Balaban J connectivity index is 1.13. The van der Waals surface area contributed by atoms with Gasteiger partial charge in [-0.2, -0.15) is 0 Å². The molecule has 0 spiro atoms. The maximum Gasteiger partial charge on any atom is 0.270 e. The second-order valence-electron chi connectivity index (χ2n) is 9.47. The minimum absolute atomic E-state index is 0.0566. The maximum atomic E-state index is 13.2. The number of carbonyl (C=O) groups excluding carboxylic acids is 2. The number of aromatic nitrogens is 1. The van der Waals surface area contributed by atoms with E-state index in [2.05, 4.69) is 58.2 Å². The van der Waals surface area contributed by atoms with Crippen molar-refractivity contribution >= 4 is 33.4 Å². The van der Waals surface area contributed by atoms with Crippen LogP contribution in [0.1, 0.15) is 48.7 Å². The number of fused-ring (bicyclic) bond motifs is 1. The summed E-state index contributed by atoms with van der Waals surface area (Å²) in [6.45, 7) is 5.95. The Morgan fingerprint density at radius 3 is 2.33 bits per heavy atom. The number of likely N-dealkylation sites (tertiary alicyclic amines) is 2. The van der Waals surface area contributed by atoms with Gasteiger partial charge in [0.05, 0.1) is 10.2 Å². The van der Waals surface area contributed by atoms with Crippen molar-refractivity contribution in [2.45, 2.75) is 45.6 Å². The summed E-state index contributed by atoms with van der Waals surface area (Å²) in [5.74, 6) is 1.13. The third kappa shape index (κ3) is 4.58. The first-order chi connectivity index (χ1) is 16.1. The summed E-state index contributed by atoms with van der Waals surface area (Å²) in [5.41, 5.74) is 3.32. The zero-order valence-electron chi connectivity index (χ0n) is 19.4. The number of piperidine rings is 2. The SMILES string of the molecule is CCn1c(C(=O)N2CCC(C(=O)N3CCC(Cc4ccccc4)CC3)CC2)cc2sccc21. The molecule has 33 heavy (non-hydrogen) atoms. The molecule has 2 aliphatic heterocycles. The Morgan fingerprint density at radius 2 is 1.64 bits per heavy atom. The molecular weight excluding hydrogens is 430 g/mol. The van der Waals surface area contributed by atoms with Crippen LogP contribution in [-0.2, 0) is 17.8 Å². The van der Waals surface area contributed by atoms with Crippen LogP contribution in [0.4, 0.5) is 0 Å². The molecule has 5 rings (SSSR count). The number of thiophene rings is 1. The van der Waals surface area contributed by atoms with E-state index in [0.717, 1.165) is 62.9 Å². The van der Waals surface area contributed by atoms with E-state index in [9.17, 15) is 9.59 Å². The fraction of sp³-hybridized carbons (Fsp3) is 0.481. The molecule has 0 aliphatic carbocycles. The van der Waals surface area contributed by atoms with Gasteiger partial charge in [0.1, 0.15) is 5.69 Å². The van der Waals surface area contributed by atoms with E-state index in [0.29, 0.717) is 24.9 Å². The fourth-order valence-electron chi connectivity index (χ4n) is 5.55. The first-order valence-electron chi connectivity index (χ1n) is 12.3. The topological polar surface area (TPSA) is 45.6 Å². The minimum Gasteiger partial charge on any atom is -0.342 e. The predicted molar refractivity (Wildman–Crippen MR) is 134 cm³/mol. The van der Waals surface area contributed by atoms with Crippen LogP contribution in [0.3, 0.4) is 0 Å². The highest BCUT2D eigenvalue weighted by molar-refractivity contribution is 7.17. The van der Waals surface area contributed by atoms with E-state index in [4.69, 9.17) is 0 Å². The van der Waals surface area contributed by atoms with Gasteiger partial charge in [-0.25, -0.2) is 0 Å². The number of aryl methyl sites for hydroxylation is 1. The van der Waals surface area contributed by atoms with Gasteiger partial charge in [-0.05, 0) is 68.0 Å². The van der Waals surface area contributed by atoms with Crippen molar-refractivity contribution in [3.63, 3.8) is 0 Å². The van der Waals surface area contributed by atoms with Crippen LogP contribution < -0.4 is 0 Å². The molecule has 174 valence electrons. The molecule has 0 radical (unpaired) electrons. The van der Waals surface area contributed by atoms with E-state index < -0.39 is 0 Å². The second-order valence-corrected chi connectivity index (χ2v) is 10.4. The third-order valence-electron chi connectivity index (χ3n) is 7.48. The monoisotopic (exact) mass is 463 g/mol. The van der Waals surface area contributed by atoms with E-state index in [1.54, 1.807) is 11.3 Å². The van der Waals surface area contributed by atoms with Crippen LogP contribution in [0.2, 0.25) is 0 Å². The van der Waals surface area contributed by atoms with Gasteiger partial charge in [0.25, 0.3) is 5.91 Å². The molecule has 2 saturated heterocycles. The first kappa shape index (κ1) is 22.2. The van der Waals surface area contributed by atoms with Crippen molar-refractivity contribution in [3.05, 3.63) is 59.1 Å². The second kappa shape index (κ2) is 9.72. The van der Waals surface area contributed by atoms with Gasteiger partial charge in [0.2, 0.25) is 5.91 Å². The van der Waals surface area contributed by atoms with Crippen LogP contribution in [0.25, 0.3) is 10.2 Å². The molecule has 2 aliphatic rings. The Hall–Kier alpha value is -2.60. The van der Waals surface area contributed by atoms with E-state index in [-0.39, 0.29) is 11.8 Å². The third-order valence-corrected chi connectivity index (χ3v) is 8.34. The molecule has 0 bridgehead atoms. The molecule has 2 amide bonds. The summed E-state index contributed by atoms with van der Waals surface area (Å²) < 4.78 is 3.28. The molecule has 2 fully saturated rings. The van der Waals surface area contributed by atoms with Gasteiger partial charge in [0.15, 0.2) is 0 Å². The number of benzene rings is 1. The van der Waals surface area contributed by atoms with Gasteiger partial charge in [-0.15, -0.1) is 11.3 Å². The Kier molecular flexibility index (Phi) is 6.54. The Bertz CT molecular complexity index is 1100. The first-order valence-corrected chi connectivity index (χ1v) is 13.2. The van der Waals surface area contributed by atoms with Crippen molar-refractivity contribution in [3.8, 4) is 0 Å². The normalized spacial score (nSPS) is 18.2. The van der Waals surface area contributed by atoms with Crippen LogP contribution in [0, 0.1) is 11.8 Å². The van der Waals surface area contributed by atoms with E-state index in [1.807, 2.05) is 11.0 Å². The number of hydrogen-bond donors (Lipinski definition) is 0. The Morgan fingerprint density at radius 1 is 0.939 bits per heavy atom. The van der Waals surface area contributed by atoms with Gasteiger partial charge >= 0.3 is 0 Å². The van der Waals surface area contributed by atoms with Crippen LogP contribution in [-0.4, -0.2) is 52.4 Å². The molecule has 2 aromatic heterocycles. The van der Waals surface area contributed by atoms with Gasteiger partial charge < -0.3 is 14.4 Å². The molecular formula is C27H33N3O2S. The molecule has 0 unspecified atom stereocenters. The summed E-state index contributed by atoms with van der Waals surface area (Å²) in [6, 6.07) is 14.8. The van der Waals surface area contributed by atoms with Crippen molar-refractivity contribution in [2.75, 3.05) is 26.2 Å². The largest absolute Gasteiger partial charge is 0.342 e. The highest BCUT2D eigenvalue weighted by Crippen LogP contribution is 2.29. The van der Waals surface area contributed by atoms with Crippen LogP contribution in [0.15, 0.2) is 47.8 Å².